The van der Waals surface area contributed by atoms with E-state index in [4.69, 9.17) is 11.1 Å². The Kier molecular flexibility index (Phi) is 3.44. The van der Waals surface area contributed by atoms with Crippen LogP contribution in [-0.2, 0) is 0 Å². The molecule has 86 valence electrons. The van der Waals surface area contributed by atoms with Crippen molar-refractivity contribution in [3.05, 3.63) is 53.9 Å². The van der Waals surface area contributed by atoms with Gasteiger partial charge in [0.1, 0.15) is 11.5 Å². The Morgan fingerprint density at radius 1 is 1.24 bits per heavy atom. The topological polar surface area (TPSA) is 62.8 Å². The number of rotatable bonds is 3. The minimum Gasteiger partial charge on any atom is -0.382 e. The van der Waals surface area contributed by atoms with Crippen LogP contribution < -0.4 is 5.73 Å². The quantitative estimate of drug-likeness (QED) is 0.643. The van der Waals surface area contributed by atoms with Gasteiger partial charge in [0.25, 0.3) is 0 Å². The van der Waals surface area contributed by atoms with Gasteiger partial charge < -0.3 is 5.73 Å². The zero-order chi connectivity index (χ0) is 12.3. The molecule has 2 aromatic rings. The summed E-state index contributed by atoms with van der Waals surface area (Å²) in [6.45, 7) is 2.07. The molecule has 2 rings (SSSR count). The highest BCUT2D eigenvalue weighted by atomic mass is 32.2. The molecule has 1 aromatic heterocycles. The zero-order valence-corrected chi connectivity index (χ0v) is 10.3. The number of benzene rings is 1. The summed E-state index contributed by atoms with van der Waals surface area (Å²) in [7, 11) is 0. The Balaban J connectivity index is 2.16. The van der Waals surface area contributed by atoms with Crippen molar-refractivity contribution in [2.75, 3.05) is 0 Å². The second-order valence-corrected chi connectivity index (χ2v) is 4.86. The molecule has 0 saturated heterocycles. The molecular formula is C13H13N3S. The molecule has 0 bridgehead atoms. The summed E-state index contributed by atoms with van der Waals surface area (Å²) in [6.07, 6.45) is 1.74. The van der Waals surface area contributed by atoms with E-state index in [1.54, 1.807) is 24.0 Å². The van der Waals surface area contributed by atoms with E-state index in [9.17, 15) is 0 Å². The first-order chi connectivity index (χ1) is 8.15. The third-order valence-electron chi connectivity index (χ3n) is 2.24. The average Bonchev–Trinajstić information content (AvgIpc) is 2.29. The maximum atomic E-state index is 7.26. The van der Waals surface area contributed by atoms with Crippen LogP contribution in [0.15, 0.2) is 52.4 Å². The second kappa shape index (κ2) is 5.01. The summed E-state index contributed by atoms with van der Waals surface area (Å²) >= 11 is 1.65. The fraction of sp³-hybridized carbons (Fsp3) is 0.0769. The Morgan fingerprint density at radius 2 is 2.06 bits per heavy atom. The van der Waals surface area contributed by atoms with Gasteiger partial charge in [-0.2, -0.15) is 0 Å². The van der Waals surface area contributed by atoms with Crippen molar-refractivity contribution in [2.45, 2.75) is 16.7 Å². The number of aryl methyl sites for hydroxylation is 1. The van der Waals surface area contributed by atoms with Gasteiger partial charge in [-0.25, -0.2) is 0 Å². The van der Waals surface area contributed by atoms with E-state index in [1.165, 1.54) is 10.5 Å². The van der Waals surface area contributed by atoms with E-state index >= 15 is 0 Å². The number of amidine groups is 1. The number of aromatic nitrogens is 1. The fourth-order valence-corrected chi connectivity index (χ4v) is 2.32. The van der Waals surface area contributed by atoms with Crippen molar-refractivity contribution in [2.24, 2.45) is 5.73 Å². The number of hydrogen-bond acceptors (Lipinski definition) is 3. The van der Waals surface area contributed by atoms with E-state index in [1.807, 2.05) is 12.1 Å². The maximum Gasteiger partial charge on any atom is 0.141 e. The lowest BCUT2D eigenvalue weighted by Gasteiger charge is -2.03. The molecule has 0 radical (unpaired) electrons. The molecule has 0 aliphatic heterocycles. The Morgan fingerprint density at radius 3 is 2.65 bits per heavy atom. The Bertz CT molecular complexity index is 535. The van der Waals surface area contributed by atoms with E-state index in [0.29, 0.717) is 5.69 Å². The van der Waals surface area contributed by atoms with E-state index in [-0.39, 0.29) is 5.84 Å². The summed E-state index contributed by atoms with van der Waals surface area (Å²) in [5.41, 5.74) is 7.10. The summed E-state index contributed by atoms with van der Waals surface area (Å²) < 4.78 is 0. The third kappa shape index (κ3) is 3.07. The van der Waals surface area contributed by atoms with Crippen LogP contribution >= 0.6 is 11.8 Å². The van der Waals surface area contributed by atoms with Crippen molar-refractivity contribution in [1.29, 1.82) is 5.41 Å². The first-order valence-electron chi connectivity index (χ1n) is 5.20. The fourth-order valence-electron chi connectivity index (χ4n) is 1.41. The summed E-state index contributed by atoms with van der Waals surface area (Å²) in [4.78, 5) is 6.35. The highest BCUT2D eigenvalue weighted by molar-refractivity contribution is 7.99. The van der Waals surface area contributed by atoms with Crippen molar-refractivity contribution in [1.82, 2.24) is 4.98 Å². The minimum absolute atomic E-state index is 0.00268. The molecule has 17 heavy (non-hydrogen) atoms. The van der Waals surface area contributed by atoms with Crippen LogP contribution in [0.25, 0.3) is 0 Å². The SMILES string of the molecule is Cc1cccc(Sc2ccc(C(=N)N)nc2)c1. The van der Waals surface area contributed by atoms with Gasteiger partial charge >= 0.3 is 0 Å². The number of nitrogens with zero attached hydrogens (tertiary/aromatic N) is 1. The zero-order valence-electron chi connectivity index (χ0n) is 9.47. The van der Waals surface area contributed by atoms with E-state index < -0.39 is 0 Å². The molecular weight excluding hydrogens is 230 g/mol. The molecule has 0 aliphatic rings. The van der Waals surface area contributed by atoms with Crippen LogP contribution in [-0.4, -0.2) is 10.8 Å². The molecule has 1 heterocycles. The number of nitrogens with two attached hydrogens (primary N) is 1. The molecule has 3 nitrogen and oxygen atoms in total. The van der Waals surface area contributed by atoms with Crippen LogP contribution in [0.5, 0.6) is 0 Å². The maximum absolute atomic E-state index is 7.26. The normalized spacial score (nSPS) is 10.2. The Labute approximate surface area is 105 Å². The average molecular weight is 243 g/mol. The lowest BCUT2D eigenvalue weighted by Crippen LogP contribution is -2.12. The number of hydrogen-bond donors (Lipinski definition) is 2. The Hall–Kier alpha value is -1.81. The summed E-state index contributed by atoms with van der Waals surface area (Å²) in [5, 5.41) is 7.26. The molecule has 0 spiro atoms. The van der Waals surface area contributed by atoms with Crippen LogP contribution in [0.2, 0.25) is 0 Å². The van der Waals surface area contributed by atoms with Gasteiger partial charge in [0, 0.05) is 16.0 Å². The van der Waals surface area contributed by atoms with Crippen LogP contribution in [0.1, 0.15) is 11.3 Å². The first kappa shape index (κ1) is 11.7. The number of pyridine rings is 1. The lowest BCUT2D eigenvalue weighted by atomic mass is 10.2. The highest BCUT2D eigenvalue weighted by Gasteiger charge is 2.00. The molecule has 0 unspecified atom stereocenters. The van der Waals surface area contributed by atoms with Gasteiger partial charge in [0.15, 0.2) is 0 Å². The highest BCUT2D eigenvalue weighted by Crippen LogP contribution is 2.27. The van der Waals surface area contributed by atoms with Crippen molar-refractivity contribution < 1.29 is 0 Å². The predicted molar refractivity (Wildman–Crippen MR) is 70.6 cm³/mol. The van der Waals surface area contributed by atoms with Crippen molar-refractivity contribution >= 4 is 17.6 Å². The molecule has 0 aliphatic carbocycles. The van der Waals surface area contributed by atoms with Crippen molar-refractivity contribution in [3.8, 4) is 0 Å². The molecule has 1 aromatic carbocycles. The minimum atomic E-state index is -0.00268. The van der Waals surface area contributed by atoms with Gasteiger partial charge in [0.05, 0.1) is 0 Å². The second-order valence-electron chi connectivity index (χ2n) is 3.71. The molecule has 0 fully saturated rings. The molecule has 3 N–H and O–H groups in total. The lowest BCUT2D eigenvalue weighted by molar-refractivity contribution is 1.19. The van der Waals surface area contributed by atoms with Gasteiger partial charge in [-0.1, -0.05) is 29.5 Å². The van der Waals surface area contributed by atoms with E-state index in [2.05, 4.69) is 30.1 Å². The molecule has 0 amide bonds. The summed E-state index contributed by atoms with van der Waals surface area (Å²) in [5.74, 6) is -0.00268. The van der Waals surface area contributed by atoms with Crippen molar-refractivity contribution in [3.63, 3.8) is 0 Å². The first-order valence-corrected chi connectivity index (χ1v) is 6.02. The van der Waals surface area contributed by atoms with Gasteiger partial charge in [-0.15, -0.1) is 0 Å². The van der Waals surface area contributed by atoms with Gasteiger partial charge in [-0.05, 0) is 31.2 Å². The standard InChI is InChI=1S/C13H13N3S/c1-9-3-2-4-10(7-9)17-11-5-6-12(13(14)15)16-8-11/h2-8H,1H3,(H3,14,15). The predicted octanol–water partition coefficient (Wildman–Crippen LogP) is 2.83. The third-order valence-corrected chi connectivity index (χ3v) is 3.20. The van der Waals surface area contributed by atoms with Gasteiger partial charge in [0.2, 0.25) is 0 Å². The van der Waals surface area contributed by atoms with E-state index in [0.717, 1.165) is 4.90 Å². The van der Waals surface area contributed by atoms with Gasteiger partial charge in [-0.3, -0.25) is 10.4 Å². The monoisotopic (exact) mass is 243 g/mol. The smallest absolute Gasteiger partial charge is 0.141 e. The number of nitrogens with one attached hydrogen (secondary N) is 1. The molecule has 0 atom stereocenters. The van der Waals surface area contributed by atoms with Crippen LogP contribution in [0, 0.1) is 12.3 Å². The van der Waals surface area contributed by atoms with Crippen LogP contribution in [0.4, 0.5) is 0 Å². The summed E-state index contributed by atoms with van der Waals surface area (Å²) in [6, 6.07) is 12.0. The van der Waals surface area contributed by atoms with Crippen LogP contribution in [0.3, 0.4) is 0 Å². The number of nitrogen functional groups attached to an aromatic ring is 1. The largest absolute Gasteiger partial charge is 0.382 e. The molecule has 0 saturated carbocycles. The molecule has 4 heteroatoms.